The molecule has 1 aliphatic rings. The molecule has 1 unspecified atom stereocenters. The Morgan fingerprint density at radius 1 is 1.29 bits per heavy atom. The van der Waals surface area contributed by atoms with E-state index in [9.17, 15) is 9.59 Å². The molecule has 0 aromatic heterocycles. The smallest absolute Gasteiger partial charge is 0.311 e. The summed E-state index contributed by atoms with van der Waals surface area (Å²) in [6.07, 6.45) is 0.860. The summed E-state index contributed by atoms with van der Waals surface area (Å²) in [7, 11) is 0. The quantitative estimate of drug-likeness (QED) is 0.811. The van der Waals surface area contributed by atoms with Gasteiger partial charge in [0.1, 0.15) is 0 Å². The molecule has 2 N–H and O–H groups in total. The lowest BCUT2D eigenvalue weighted by atomic mass is 10.1. The Kier molecular flexibility index (Phi) is 5.59. The Labute approximate surface area is 129 Å². The van der Waals surface area contributed by atoms with Gasteiger partial charge in [-0.25, -0.2) is 0 Å². The Balaban J connectivity index is 1.97. The van der Waals surface area contributed by atoms with E-state index in [1.165, 1.54) is 0 Å². The van der Waals surface area contributed by atoms with Crippen molar-refractivity contribution in [2.24, 2.45) is 0 Å². The number of halogens is 1. The van der Waals surface area contributed by atoms with Crippen LogP contribution >= 0.6 is 11.6 Å². The molecule has 114 valence electrons. The minimum absolute atomic E-state index is 0.305. The van der Waals surface area contributed by atoms with Crippen LogP contribution in [0.1, 0.15) is 24.9 Å². The summed E-state index contributed by atoms with van der Waals surface area (Å²) in [5.74, 6) is -1.05. The summed E-state index contributed by atoms with van der Waals surface area (Å²) >= 11 is 6.10. The van der Waals surface area contributed by atoms with Crippen molar-refractivity contribution in [1.82, 2.24) is 15.5 Å². The average molecular weight is 310 g/mol. The molecule has 1 aliphatic heterocycles. The van der Waals surface area contributed by atoms with E-state index in [0.29, 0.717) is 18.1 Å². The van der Waals surface area contributed by atoms with Crippen LogP contribution in [0.5, 0.6) is 0 Å². The lowest BCUT2D eigenvalue weighted by Crippen LogP contribution is -2.45. The summed E-state index contributed by atoms with van der Waals surface area (Å²) in [6, 6.07) is 6.98. The monoisotopic (exact) mass is 309 g/mol. The maximum Gasteiger partial charge on any atom is 0.311 e. The fraction of sp³-hybridized carbons (Fsp3) is 0.467. The van der Waals surface area contributed by atoms with Crippen molar-refractivity contribution < 1.29 is 9.59 Å². The van der Waals surface area contributed by atoms with Crippen LogP contribution in [-0.2, 0) is 9.59 Å². The molecule has 0 bridgehead atoms. The summed E-state index contributed by atoms with van der Waals surface area (Å²) in [4.78, 5) is 25.8. The predicted octanol–water partition coefficient (Wildman–Crippen LogP) is 1.34. The van der Waals surface area contributed by atoms with Crippen molar-refractivity contribution in [2.45, 2.75) is 19.4 Å². The highest BCUT2D eigenvalue weighted by atomic mass is 35.5. The van der Waals surface area contributed by atoms with Crippen molar-refractivity contribution in [3.05, 3.63) is 34.9 Å². The molecular formula is C15H20ClN3O2. The normalized spacial score (nSPS) is 17.0. The van der Waals surface area contributed by atoms with Gasteiger partial charge in [0.2, 0.25) is 0 Å². The summed E-state index contributed by atoms with van der Waals surface area (Å²) in [5, 5.41) is 6.50. The zero-order valence-electron chi connectivity index (χ0n) is 12.1. The highest BCUT2D eigenvalue weighted by Crippen LogP contribution is 2.22. The maximum absolute atomic E-state index is 12.2. The highest BCUT2D eigenvalue weighted by Gasteiger charge is 2.24. The van der Waals surface area contributed by atoms with Crippen LogP contribution in [0, 0.1) is 0 Å². The second kappa shape index (κ2) is 7.43. The molecule has 0 saturated carbocycles. The van der Waals surface area contributed by atoms with Gasteiger partial charge in [0.25, 0.3) is 0 Å². The fourth-order valence-corrected chi connectivity index (χ4v) is 2.65. The minimum Gasteiger partial charge on any atom is -0.341 e. The molecule has 1 aromatic carbocycles. The minimum atomic E-state index is -0.579. The third-order valence-electron chi connectivity index (χ3n) is 3.54. The van der Waals surface area contributed by atoms with Crippen molar-refractivity contribution in [1.29, 1.82) is 0 Å². The topological polar surface area (TPSA) is 61.4 Å². The highest BCUT2D eigenvalue weighted by molar-refractivity contribution is 6.35. The lowest BCUT2D eigenvalue weighted by molar-refractivity contribution is -0.146. The number of amides is 2. The first-order valence-electron chi connectivity index (χ1n) is 7.14. The lowest BCUT2D eigenvalue weighted by Gasteiger charge is -2.21. The largest absolute Gasteiger partial charge is 0.341 e. The van der Waals surface area contributed by atoms with E-state index < -0.39 is 11.8 Å². The van der Waals surface area contributed by atoms with Crippen molar-refractivity contribution in [2.75, 3.05) is 26.2 Å². The number of hydrogen-bond acceptors (Lipinski definition) is 3. The molecule has 5 nitrogen and oxygen atoms in total. The van der Waals surface area contributed by atoms with E-state index in [1.54, 1.807) is 11.0 Å². The van der Waals surface area contributed by atoms with Crippen molar-refractivity contribution in [3.8, 4) is 0 Å². The molecule has 0 radical (unpaired) electrons. The van der Waals surface area contributed by atoms with E-state index in [2.05, 4.69) is 10.6 Å². The Bertz CT molecular complexity index is 513. The van der Waals surface area contributed by atoms with Gasteiger partial charge in [-0.3, -0.25) is 9.59 Å². The molecule has 1 aromatic rings. The Hall–Kier alpha value is -1.59. The van der Waals surface area contributed by atoms with Crippen LogP contribution in [0.3, 0.4) is 0 Å². The molecule has 0 spiro atoms. The number of hydrogen-bond donors (Lipinski definition) is 2. The standard InChI is InChI=1S/C15H20ClN3O2/c1-11(12-5-2-3-6-13(12)16)18-14(20)15(21)19-9-4-7-17-8-10-19/h2-3,5-6,11,17H,4,7-10H2,1H3,(H,18,20). The molecule has 0 aliphatic carbocycles. The summed E-state index contributed by atoms with van der Waals surface area (Å²) < 4.78 is 0. The molecular weight excluding hydrogens is 290 g/mol. The first-order valence-corrected chi connectivity index (χ1v) is 7.52. The number of carbonyl (C=O) groups is 2. The predicted molar refractivity (Wildman–Crippen MR) is 82.1 cm³/mol. The number of nitrogens with one attached hydrogen (secondary N) is 2. The van der Waals surface area contributed by atoms with Gasteiger partial charge in [-0.1, -0.05) is 29.8 Å². The van der Waals surface area contributed by atoms with Gasteiger partial charge in [-0.2, -0.15) is 0 Å². The van der Waals surface area contributed by atoms with Gasteiger partial charge in [0, 0.05) is 24.7 Å². The second-order valence-corrected chi connectivity index (χ2v) is 5.52. The van der Waals surface area contributed by atoms with Crippen molar-refractivity contribution >= 4 is 23.4 Å². The first kappa shape index (κ1) is 15.8. The van der Waals surface area contributed by atoms with E-state index in [-0.39, 0.29) is 6.04 Å². The van der Waals surface area contributed by atoms with Crippen LogP contribution in [0.15, 0.2) is 24.3 Å². The van der Waals surface area contributed by atoms with E-state index >= 15 is 0 Å². The first-order chi connectivity index (χ1) is 10.1. The van der Waals surface area contributed by atoms with Crippen molar-refractivity contribution in [3.63, 3.8) is 0 Å². The molecule has 21 heavy (non-hydrogen) atoms. The SMILES string of the molecule is CC(NC(=O)C(=O)N1CCCNCC1)c1ccccc1Cl. The van der Waals surface area contributed by atoms with Crippen LogP contribution in [0.25, 0.3) is 0 Å². The zero-order valence-corrected chi connectivity index (χ0v) is 12.8. The summed E-state index contributed by atoms with van der Waals surface area (Å²) in [6.45, 7) is 4.59. The van der Waals surface area contributed by atoms with E-state index in [1.807, 2.05) is 25.1 Å². The van der Waals surface area contributed by atoms with Gasteiger partial charge in [-0.05, 0) is 31.5 Å². The van der Waals surface area contributed by atoms with Crippen LogP contribution in [0.4, 0.5) is 0 Å². The molecule has 1 atom stereocenters. The second-order valence-electron chi connectivity index (χ2n) is 5.11. The van der Waals surface area contributed by atoms with Gasteiger partial charge in [0.15, 0.2) is 0 Å². The maximum atomic E-state index is 12.2. The third-order valence-corrected chi connectivity index (χ3v) is 3.89. The summed E-state index contributed by atoms with van der Waals surface area (Å²) in [5.41, 5.74) is 0.804. The van der Waals surface area contributed by atoms with Gasteiger partial charge >= 0.3 is 11.8 Å². The van der Waals surface area contributed by atoms with Gasteiger partial charge in [0.05, 0.1) is 6.04 Å². The van der Waals surface area contributed by atoms with E-state index in [4.69, 9.17) is 11.6 Å². The fourth-order valence-electron chi connectivity index (χ4n) is 2.35. The number of rotatable bonds is 2. The van der Waals surface area contributed by atoms with Gasteiger partial charge < -0.3 is 15.5 Å². The van der Waals surface area contributed by atoms with Crippen LogP contribution in [-0.4, -0.2) is 42.9 Å². The van der Waals surface area contributed by atoms with E-state index in [0.717, 1.165) is 25.1 Å². The molecule has 1 heterocycles. The molecule has 6 heteroatoms. The van der Waals surface area contributed by atoms with Crippen LogP contribution in [0.2, 0.25) is 5.02 Å². The third kappa shape index (κ3) is 4.19. The number of carbonyl (C=O) groups excluding carboxylic acids is 2. The van der Waals surface area contributed by atoms with Gasteiger partial charge in [-0.15, -0.1) is 0 Å². The van der Waals surface area contributed by atoms with Crippen LogP contribution < -0.4 is 10.6 Å². The zero-order chi connectivity index (χ0) is 15.2. The Morgan fingerprint density at radius 3 is 2.81 bits per heavy atom. The molecule has 1 fully saturated rings. The molecule has 1 saturated heterocycles. The molecule has 2 rings (SSSR count). The Morgan fingerprint density at radius 2 is 2.05 bits per heavy atom. The number of benzene rings is 1. The average Bonchev–Trinajstić information content (AvgIpc) is 2.75. The molecule has 2 amide bonds. The number of nitrogens with zero attached hydrogens (tertiary/aromatic N) is 1.